The van der Waals surface area contributed by atoms with Crippen LogP contribution in [0.25, 0.3) is 5.41 Å². The van der Waals surface area contributed by atoms with Crippen LogP contribution in [0, 0.1) is 30.3 Å². The number of benzene rings is 1. The first-order valence-electron chi connectivity index (χ1n) is 10.0. The summed E-state index contributed by atoms with van der Waals surface area (Å²) in [5, 5.41) is 39.4. The predicted molar refractivity (Wildman–Crippen MR) is 123 cm³/mol. The Kier molecular flexibility index (Phi) is 16.6. The van der Waals surface area contributed by atoms with Crippen LogP contribution in [0.1, 0.15) is 53.4 Å². The zero-order chi connectivity index (χ0) is 24.4. The molecule has 0 radical (unpaired) electrons. The number of non-ortho nitro benzene ring substituents is 3. The molecule has 0 fully saturated rings. The zero-order valence-corrected chi connectivity index (χ0v) is 19.3. The minimum absolute atomic E-state index is 0.660. The molecule has 174 valence electrons. The molecule has 0 aliphatic carbocycles. The Morgan fingerprint density at radius 1 is 0.742 bits per heavy atom. The van der Waals surface area contributed by atoms with E-state index in [9.17, 15) is 30.3 Å². The van der Waals surface area contributed by atoms with Crippen molar-refractivity contribution in [2.45, 2.75) is 53.4 Å². The lowest BCUT2D eigenvalue weighted by atomic mass is 10.2. The van der Waals surface area contributed by atoms with Crippen molar-refractivity contribution < 1.29 is 19.3 Å². The topological polar surface area (TPSA) is 152 Å². The average Bonchev–Trinajstić information content (AvgIpc) is 2.69. The Morgan fingerprint density at radius 2 is 0.935 bits per heavy atom. The van der Waals surface area contributed by atoms with E-state index in [-0.39, 0.29) is 0 Å². The van der Waals surface area contributed by atoms with Gasteiger partial charge in [-0.2, -0.15) is 5.16 Å². The quantitative estimate of drug-likeness (QED) is 0.139. The number of nitro benzene ring substituents is 3. The summed E-state index contributed by atoms with van der Waals surface area (Å²) in [7, 11) is 0. The molecule has 1 aromatic rings. The highest BCUT2D eigenvalue weighted by Gasteiger charge is 2.23. The van der Waals surface area contributed by atoms with Gasteiger partial charge in [-0.3, -0.25) is 30.3 Å². The number of hydrogen-bond acceptors (Lipinski definition) is 7. The van der Waals surface area contributed by atoms with Gasteiger partial charge in [0.05, 0.1) is 59.1 Å². The maximum absolute atomic E-state index is 10.3. The molecule has 1 rings (SSSR count). The molecule has 0 heterocycles. The van der Waals surface area contributed by atoms with Crippen molar-refractivity contribution >= 4 is 34.4 Å². The molecule has 0 spiro atoms. The van der Waals surface area contributed by atoms with Crippen LogP contribution in [0.5, 0.6) is 0 Å². The molecule has 0 N–H and O–H groups in total. The molecule has 0 saturated heterocycles. The van der Waals surface area contributed by atoms with Crippen LogP contribution in [0.2, 0.25) is 0 Å². The summed E-state index contributed by atoms with van der Waals surface area (Å²) < 4.78 is 1.38. The number of thiocarbonyl (C=S) groups is 1. The van der Waals surface area contributed by atoms with Crippen LogP contribution in [-0.2, 0) is 0 Å². The second-order valence-corrected chi connectivity index (χ2v) is 6.99. The largest absolute Gasteiger partial charge is 0.753 e. The van der Waals surface area contributed by atoms with Gasteiger partial charge in [0.15, 0.2) is 0 Å². The van der Waals surface area contributed by atoms with Crippen molar-refractivity contribution in [2.24, 2.45) is 0 Å². The smallest absolute Gasteiger partial charge is 0.283 e. The monoisotopic (exact) mass is 457 g/mol. The summed E-state index contributed by atoms with van der Waals surface area (Å²) in [6.07, 6.45) is 5.33. The van der Waals surface area contributed by atoms with Gasteiger partial charge >= 0.3 is 0 Å². The van der Waals surface area contributed by atoms with Crippen molar-refractivity contribution in [1.29, 1.82) is 0 Å². The van der Waals surface area contributed by atoms with Gasteiger partial charge in [-0.05, 0) is 25.7 Å². The molecule has 0 saturated carbocycles. The van der Waals surface area contributed by atoms with Crippen molar-refractivity contribution in [3.05, 3.63) is 54.0 Å². The molecule has 1 aromatic carbocycles. The minimum Gasteiger partial charge on any atom is -0.753 e. The summed E-state index contributed by atoms with van der Waals surface area (Å²) in [6.45, 7) is 14.8. The number of nitrogens with zero attached hydrogens (tertiary/aromatic N) is 5. The summed E-state index contributed by atoms with van der Waals surface area (Å²) in [6, 6.07) is 1.98. The Balaban J connectivity index is 0. The fourth-order valence-electron chi connectivity index (χ4n) is 3.46. The van der Waals surface area contributed by atoms with Gasteiger partial charge in [0.2, 0.25) is 0 Å². The number of nitro groups is 3. The van der Waals surface area contributed by atoms with Crippen molar-refractivity contribution in [2.75, 3.05) is 26.2 Å². The van der Waals surface area contributed by atoms with Crippen molar-refractivity contribution in [1.82, 2.24) is 0 Å². The van der Waals surface area contributed by atoms with E-state index in [0.717, 1.165) is 0 Å². The molecule has 11 nitrogen and oxygen atoms in total. The van der Waals surface area contributed by atoms with E-state index in [0.29, 0.717) is 18.2 Å². The molecule has 31 heavy (non-hydrogen) atoms. The Morgan fingerprint density at radius 3 is 1.06 bits per heavy atom. The van der Waals surface area contributed by atoms with E-state index in [1.54, 1.807) is 0 Å². The Hall–Kier alpha value is -2.82. The second kappa shape index (κ2) is 16.9. The summed E-state index contributed by atoms with van der Waals surface area (Å²) in [5.41, 5.74) is -2.05. The third-order valence-electron chi connectivity index (χ3n) is 4.31. The highest BCUT2D eigenvalue weighted by Crippen LogP contribution is 2.26. The van der Waals surface area contributed by atoms with Crippen molar-refractivity contribution in [3.63, 3.8) is 0 Å². The predicted octanol–water partition coefficient (Wildman–Crippen LogP) is 5.51. The lowest BCUT2D eigenvalue weighted by Crippen LogP contribution is -2.50. The maximum atomic E-state index is 10.3. The van der Waals surface area contributed by atoms with E-state index < -0.39 is 31.8 Å². The van der Waals surface area contributed by atoms with E-state index in [4.69, 9.17) is 5.41 Å². The zero-order valence-electron chi connectivity index (χ0n) is 18.5. The van der Waals surface area contributed by atoms with Gasteiger partial charge in [-0.15, -0.1) is 0 Å². The second-order valence-electron chi connectivity index (χ2n) is 6.81. The van der Waals surface area contributed by atoms with Gasteiger partial charge < -0.3 is 9.89 Å². The molecule has 0 unspecified atom stereocenters. The molecule has 0 amide bonds. The van der Waals surface area contributed by atoms with Gasteiger partial charge in [0.1, 0.15) is 0 Å². The molecule has 0 aliphatic rings. The van der Waals surface area contributed by atoms with Gasteiger partial charge in [0.25, 0.3) is 17.1 Å². The molecule has 0 aliphatic heterocycles. The molecule has 0 bridgehead atoms. The third-order valence-corrected chi connectivity index (χ3v) is 4.31. The highest BCUT2D eigenvalue weighted by molar-refractivity contribution is 7.78. The molecule has 0 atom stereocenters. The SMILES string of the molecule is CCC[N+](CCC)(CCC)CCC.O=[N+]([O-])c1cc([N+](=O)[O-])cc([N+](=O)[O-])c1.[N-]=C=S. The lowest BCUT2D eigenvalue weighted by Gasteiger charge is -2.38. The molecular formula is C19H31N5O6S. The molecule has 12 heteroatoms. The minimum atomic E-state index is -0.931. The fourth-order valence-corrected chi connectivity index (χ4v) is 3.46. The Bertz CT molecular complexity index is 645. The van der Waals surface area contributed by atoms with Gasteiger partial charge in [-0.1, -0.05) is 39.9 Å². The van der Waals surface area contributed by atoms with Crippen molar-refractivity contribution in [3.8, 4) is 0 Å². The molecular weight excluding hydrogens is 426 g/mol. The number of rotatable bonds is 11. The maximum Gasteiger partial charge on any atom is 0.283 e. The Labute approximate surface area is 187 Å². The first kappa shape index (κ1) is 30.4. The van der Waals surface area contributed by atoms with Crippen LogP contribution in [0.3, 0.4) is 0 Å². The summed E-state index contributed by atoms with van der Waals surface area (Å²) >= 11 is 3.70. The van der Waals surface area contributed by atoms with E-state index in [1.165, 1.54) is 61.5 Å². The summed E-state index contributed by atoms with van der Waals surface area (Å²) in [5.74, 6) is 0. The standard InChI is InChI=1S/C12H28N.C6H3N3O6.CNS/c1-5-9-13(10-6-2,11-7-3)12-8-4;10-7(11)4-1-5(8(12)13)3-6(2-4)9(14)15;2-1-3/h5-12H2,1-4H3;1-3H;/q+1;;-1. The highest BCUT2D eigenvalue weighted by atomic mass is 32.1. The van der Waals surface area contributed by atoms with Crippen LogP contribution in [-0.4, -0.2) is 50.6 Å². The van der Waals surface area contributed by atoms with Gasteiger partial charge in [-0.25, -0.2) is 0 Å². The summed E-state index contributed by atoms with van der Waals surface area (Å²) in [4.78, 5) is 28.1. The van der Waals surface area contributed by atoms with Crippen LogP contribution in [0.4, 0.5) is 17.1 Å². The molecule has 0 aromatic heterocycles. The fraction of sp³-hybridized carbons (Fsp3) is 0.632. The third kappa shape index (κ3) is 12.5. The van der Waals surface area contributed by atoms with E-state index >= 15 is 0 Å². The average molecular weight is 458 g/mol. The van der Waals surface area contributed by atoms with Gasteiger partial charge in [0, 0.05) is 0 Å². The van der Waals surface area contributed by atoms with Crippen LogP contribution < -0.4 is 0 Å². The lowest BCUT2D eigenvalue weighted by molar-refractivity contribution is -0.928. The number of quaternary nitrogens is 1. The van der Waals surface area contributed by atoms with E-state index in [1.807, 2.05) is 0 Å². The van der Waals surface area contributed by atoms with Crippen LogP contribution in [0.15, 0.2) is 18.2 Å². The van der Waals surface area contributed by atoms with Crippen LogP contribution >= 0.6 is 12.2 Å². The first-order valence-corrected chi connectivity index (χ1v) is 10.4. The number of hydrogen-bond donors (Lipinski definition) is 0. The first-order chi connectivity index (χ1) is 14.6. The van der Waals surface area contributed by atoms with E-state index in [2.05, 4.69) is 39.9 Å². The number of isothiocyanates is 1. The normalized spacial score (nSPS) is 9.94.